The van der Waals surface area contributed by atoms with E-state index in [0.29, 0.717) is 45.8 Å². The van der Waals surface area contributed by atoms with Gasteiger partial charge in [-0.1, -0.05) is 0 Å². The molecule has 1 saturated heterocycles. The number of anilines is 2. The molecule has 8 nitrogen and oxygen atoms in total. The number of halogens is 1. The number of furan rings is 1. The van der Waals surface area contributed by atoms with Crippen molar-refractivity contribution in [1.82, 2.24) is 20.6 Å². The number of nitrogens with zero attached hydrogens (tertiary/aromatic N) is 2. The molecule has 4 heterocycles. The summed E-state index contributed by atoms with van der Waals surface area (Å²) < 4.78 is 25.4. The molecule has 1 aliphatic rings. The number of rotatable bonds is 7. The fourth-order valence-corrected chi connectivity index (χ4v) is 5.03. The van der Waals surface area contributed by atoms with Crippen LogP contribution in [0.1, 0.15) is 33.8 Å². The maximum atomic E-state index is 14.0. The number of carbonyl (C=O) groups excluding carboxylic acids is 1. The van der Waals surface area contributed by atoms with Gasteiger partial charge in [-0.25, -0.2) is 14.4 Å². The van der Waals surface area contributed by atoms with Gasteiger partial charge >= 0.3 is 0 Å². The van der Waals surface area contributed by atoms with E-state index in [0.717, 1.165) is 30.3 Å². The predicted octanol–water partition coefficient (Wildman–Crippen LogP) is 4.54. The van der Waals surface area contributed by atoms with Crippen LogP contribution in [-0.2, 0) is 6.54 Å². The fourth-order valence-electron chi connectivity index (χ4n) is 3.97. The van der Waals surface area contributed by atoms with E-state index < -0.39 is 0 Å². The highest BCUT2D eigenvalue weighted by molar-refractivity contribution is 7.20. The molecule has 1 amide bonds. The molecule has 5 rings (SSSR count). The molecule has 1 fully saturated rings. The molecule has 3 aromatic heterocycles. The Morgan fingerprint density at radius 2 is 2.26 bits per heavy atom. The lowest BCUT2D eigenvalue weighted by Gasteiger charge is -2.25. The van der Waals surface area contributed by atoms with Crippen LogP contribution in [0.15, 0.2) is 47.3 Å². The number of fused-ring (bicyclic) bond motifs is 1. The first-order valence-corrected chi connectivity index (χ1v) is 11.9. The van der Waals surface area contributed by atoms with Crippen LogP contribution in [0.25, 0.3) is 10.2 Å². The van der Waals surface area contributed by atoms with Crippen molar-refractivity contribution in [2.45, 2.75) is 32.4 Å². The molecule has 1 aliphatic heterocycles. The molecule has 0 bridgehead atoms. The summed E-state index contributed by atoms with van der Waals surface area (Å²) in [5.41, 5.74) is 1.36. The Labute approximate surface area is 199 Å². The molecule has 34 heavy (non-hydrogen) atoms. The number of piperidine rings is 1. The monoisotopic (exact) mass is 481 g/mol. The first-order chi connectivity index (χ1) is 16.6. The lowest BCUT2D eigenvalue weighted by Crippen LogP contribution is -2.37. The van der Waals surface area contributed by atoms with Crippen LogP contribution in [0, 0.1) is 12.7 Å². The van der Waals surface area contributed by atoms with E-state index in [1.54, 1.807) is 24.5 Å². The molecule has 0 radical (unpaired) electrons. The topological polar surface area (TPSA) is 101 Å². The minimum atomic E-state index is -0.376. The number of aromatic nitrogens is 2. The molecule has 0 saturated carbocycles. The van der Waals surface area contributed by atoms with E-state index >= 15 is 0 Å². The Hall–Kier alpha value is -3.50. The molecule has 176 valence electrons. The Morgan fingerprint density at radius 1 is 1.35 bits per heavy atom. The highest BCUT2D eigenvalue weighted by atomic mass is 32.1. The average molecular weight is 482 g/mol. The van der Waals surface area contributed by atoms with Crippen molar-refractivity contribution < 1.29 is 18.3 Å². The third-order valence-corrected chi connectivity index (χ3v) is 6.88. The molecular weight excluding hydrogens is 457 g/mol. The van der Waals surface area contributed by atoms with Gasteiger partial charge in [-0.05, 0) is 56.1 Å². The lowest BCUT2D eigenvalue weighted by atomic mass is 10.1. The van der Waals surface area contributed by atoms with Crippen molar-refractivity contribution in [3.05, 3.63) is 64.9 Å². The normalized spacial score (nSPS) is 15.9. The Bertz CT molecular complexity index is 1300. The average Bonchev–Trinajstić information content (AvgIpc) is 3.48. The lowest BCUT2D eigenvalue weighted by molar-refractivity contribution is 0.0951. The number of thiophene rings is 1. The standard InChI is InChI=1S/C24H24FN5O3S/c1-14-20-22(30-18-7-6-15(25)10-19(18)33-17-4-2-8-26-11-17)28-13-29-24(20)34-21(14)23(31)27-12-16-5-3-9-32-16/h3,5-7,9-10,13,17,26H,2,4,8,11-12H2,1H3,(H,27,31)(H,28,29,30). The zero-order valence-corrected chi connectivity index (χ0v) is 19.4. The Balaban J connectivity index is 1.42. The zero-order chi connectivity index (χ0) is 23.5. The molecular formula is C24H24FN5O3S. The SMILES string of the molecule is Cc1c(C(=O)NCc2ccco2)sc2ncnc(Nc3ccc(F)cc3OC3CCCNC3)c12. The predicted molar refractivity (Wildman–Crippen MR) is 128 cm³/mol. The first-order valence-electron chi connectivity index (χ1n) is 11.1. The third kappa shape index (κ3) is 4.73. The second-order valence-corrected chi connectivity index (χ2v) is 9.07. The van der Waals surface area contributed by atoms with Gasteiger partial charge in [-0.2, -0.15) is 0 Å². The van der Waals surface area contributed by atoms with E-state index in [-0.39, 0.29) is 17.8 Å². The van der Waals surface area contributed by atoms with Crippen molar-refractivity contribution in [3.63, 3.8) is 0 Å². The zero-order valence-electron chi connectivity index (χ0n) is 18.6. The van der Waals surface area contributed by atoms with Crippen LogP contribution in [0.5, 0.6) is 5.75 Å². The van der Waals surface area contributed by atoms with Gasteiger partial charge < -0.3 is 25.1 Å². The van der Waals surface area contributed by atoms with Crippen molar-refractivity contribution in [2.24, 2.45) is 0 Å². The van der Waals surface area contributed by atoms with Crippen molar-refractivity contribution in [2.75, 3.05) is 18.4 Å². The molecule has 1 atom stereocenters. The van der Waals surface area contributed by atoms with Crippen LogP contribution >= 0.6 is 11.3 Å². The van der Waals surface area contributed by atoms with E-state index in [2.05, 4.69) is 25.9 Å². The van der Waals surface area contributed by atoms with Crippen LogP contribution in [0.4, 0.5) is 15.9 Å². The summed E-state index contributed by atoms with van der Waals surface area (Å²) in [6, 6.07) is 7.97. The third-order valence-electron chi connectivity index (χ3n) is 5.68. The maximum Gasteiger partial charge on any atom is 0.262 e. The minimum absolute atomic E-state index is 0.0335. The van der Waals surface area contributed by atoms with Gasteiger partial charge in [0.25, 0.3) is 5.91 Å². The molecule has 1 aromatic carbocycles. The maximum absolute atomic E-state index is 14.0. The van der Waals surface area contributed by atoms with Crippen molar-refractivity contribution in [1.29, 1.82) is 0 Å². The van der Waals surface area contributed by atoms with Crippen molar-refractivity contribution >= 4 is 39.0 Å². The highest BCUT2D eigenvalue weighted by Gasteiger charge is 2.21. The molecule has 0 spiro atoms. The van der Waals surface area contributed by atoms with Crippen LogP contribution in [0.2, 0.25) is 0 Å². The summed E-state index contributed by atoms with van der Waals surface area (Å²) in [6.07, 6.45) is 4.89. The van der Waals surface area contributed by atoms with E-state index in [4.69, 9.17) is 9.15 Å². The van der Waals surface area contributed by atoms with Gasteiger partial charge in [-0.3, -0.25) is 4.79 Å². The largest absolute Gasteiger partial charge is 0.487 e. The Morgan fingerprint density at radius 3 is 3.06 bits per heavy atom. The van der Waals surface area contributed by atoms with Crippen molar-refractivity contribution in [3.8, 4) is 5.75 Å². The summed E-state index contributed by atoms with van der Waals surface area (Å²) in [5, 5.41) is 10.2. The number of hydrogen-bond acceptors (Lipinski definition) is 8. The molecule has 4 aromatic rings. The first kappa shape index (κ1) is 22.3. The second kappa shape index (κ2) is 9.78. The smallest absolute Gasteiger partial charge is 0.262 e. The van der Waals surface area contributed by atoms with Gasteiger partial charge in [-0.15, -0.1) is 11.3 Å². The number of nitrogens with one attached hydrogen (secondary N) is 3. The quantitative estimate of drug-likeness (QED) is 0.356. The van der Waals surface area contributed by atoms with Crippen LogP contribution in [0.3, 0.4) is 0 Å². The highest BCUT2D eigenvalue weighted by Crippen LogP contribution is 2.37. The number of carbonyl (C=O) groups is 1. The van der Waals surface area contributed by atoms with Gasteiger partial charge in [0, 0.05) is 12.6 Å². The van der Waals surface area contributed by atoms with Crippen LogP contribution in [-0.4, -0.2) is 35.1 Å². The number of aryl methyl sites for hydroxylation is 1. The summed E-state index contributed by atoms with van der Waals surface area (Å²) in [6.45, 7) is 3.84. The van der Waals surface area contributed by atoms with Crippen LogP contribution < -0.4 is 20.7 Å². The summed E-state index contributed by atoms with van der Waals surface area (Å²) in [7, 11) is 0. The van der Waals surface area contributed by atoms with E-state index in [1.165, 1.54) is 29.8 Å². The summed E-state index contributed by atoms with van der Waals surface area (Å²) in [5.74, 6) is 1.04. The number of benzene rings is 1. The fraction of sp³-hybridized carbons (Fsp3) is 0.292. The molecule has 10 heteroatoms. The second-order valence-electron chi connectivity index (χ2n) is 8.07. The number of ether oxygens (including phenoxy) is 1. The molecule has 1 unspecified atom stereocenters. The van der Waals surface area contributed by atoms with Gasteiger partial charge in [0.15, 0.2) is 0 Å². The van der Waals surface area contributed by atoms with Gasteiger partial charge in [0.1, 0.15) is 40.4 Å². The number of amides is 1. The Kier molecular flexibility index (Phi) is 6.41. The van der Waals surface area contributed by atoms with Gasteiger partial charge in [0.2, 0.25) is 0 Å². The van der Waals surface area contributed by atoms with E-state index in [1.807, 2.05) is 6.92 Å². The van der Waals surface area contributed by atoms with E-state index in [9.17, 15) is 9.18 Å². The molecule has 0 aliphatic carbocycles. The molecule has 3 N–H and O–H groups in total. The van der Waals surface area contributed by atoms with Gasteiger partial charge in [0.05, 0.1) is 28.8 Å². The minimum Gasteiger partial charge on any atom is -0.487 e. The number of hydrogen-bond donors (Lipinski definition) is 3. The summed E-state index contributed by atoms with van der Waals surface area (Å²) in [4.78, 5) is 22.8. The summed E-state index contributed by atoms with van der Waals surface area (Å²) >= 11 is 1.30.